The minimum absolute atomic E-state index is 0.00131. The van der Waals surface area contributed by atoms with Crippen LogP contribution in [0.25, 0.3) is 0 Å². The summed E-state index contributed by atoms with van der Waals surface area (Å²) in [6.07, 6.45) is 0.851. The van der Waals surface area contributed by atoms with Crippen molar-refractivity contribution in [1.82, 2.24) is 4.98 Å². The van der Waals surface area contributed by atoms with E-state index in [4.69, 9.17) is 5.73 Å². The molecule has 1 aliphatic heterocycles. The number of nitro groups is 1. The van der Waals surface area contributed by atoms with E-state index in [1.54, 1.807) is 0 Å². The first-order valence-corrected chi connectivity index (χ1v) is 6.38. The summed E-state index contributed by atoms with van der Waals surface area (Å²) in [6.45, 7) is 1.32. The quantitative estimate of drug-likeness (QED) is 0.667. The molecule has 0 saturated heterocycles. The van der Waals surface area contributed by atoms with Crippen LogP contribution in [0.3, 0.4) is 0 Å². The third kappa shape index (κ3) is 2.16. The van der Waals surface area contributed by atoms with Gasteiger partial charge in [0.15, 0.2) is 0 Å². The van der Waals surface area contributed by atoms with Gasteiger partial charge in [-0.15, -0.1) is 0 Å². The average molecular weight is 270 g/mol. The van der Waals surface area contributed by atoms with E-state index >= 15 is 0 Å². The molecule has 1 aromatic carbocycles. The van der Waals surface area contributed by atoms with Crippen LogP contribution in [0, 0.1) is 10.1 Å². The Hall–Kier alpha value is -2.63. The molecule has 0 radical (unpaired) electrons. The number of benzene rings is 1. The Balaban J connectivity index is 1.99. The van der Waals surface area contributed by atoms with Crippen molar-refractivity contribution in [3.8, 4) is 0 Å². The summed E-state index contributed by atoms with van der Waals surface area (Å²) in [4.78, 5) is 16.8. The Morgan fingerprint density at radius 3 is 2.70 bits per heavy atom. The molecule has 0 amide bonds. The summed E-state index contributed by atoms with van der Waals surface area (Å²) in [5.41, 5.74) is 8.13. The highest BCUT2D eigenvalue weighted by atomic mass is 16.6. The minimum Gasteiger partial charge on any atom is -0.384 e. The molecular weight excluding hydrogens is 256 g/mol. The summed E-state index contributed by atoms with van der Waals surface area (Å²) in [7, 11) is 0. The molecule has 0 aliphatic carbocycles. The lowest BCUT2D eigenvalue weighted by molar-refractivity contribution is -0.384. The summed E-state index contributed by atoms with van der Waals surface area (Å²) < 4.78 is 0. The number of hydrogen-bond acceptors (Lipinski definition) is 5. The third-order valence-corrected chi connectivity index (χ3v) is 3.50. The summed E-state index contributed by atoms with van der Waals surface area (Å²) >= 11 is 0. The standard InChI is InChI=1S/C14H14N4O2/c15-13-6-5-12(18(19)20)14(16-13)17-8-7-10-3-1-2-4-11(10)9-17/h1-6H,7-9H2,(H2,15,16). The van der Waals surface area contributed by atoms with Gasteiger partial charge in [-0.25, -0.2) is 4.98 Å². The monoisotopic (exact) mass is 270 g/mol. The predicted molar refractivity (Wildman–Crippen MR) is 76.5 cm³/mol. The third-order valence-electron chi connectivity index (χ3n) is 3.50. The van der Waals surface area contributed by atoms with Gasteiger partial charge in [0.05, 0.1) is 4.92 Å². The Morgan fingerprint density at radius 1 is 1.20 bits per heavy atom. The van der Waals surface area contributed by atoms with Crippen LogP contribution in [-0.4, -0.2) is 16.5 Å². The number of nitrogens with zero attached hydrogens (tertiary/aromatic N) is 3. The second-order valence-corrected chi connectivity index (χ2v) is 4.78. The minimum atomic E-state index is -0.414. The van der Waals surface area contributed by atoms with Crippen molar-refractivity contribution in [3.05, 3.63) is 57.6 Å². The first-order valence-electron chi connectivity index (χ1n) is 6.38. The van der Waals surface area contributed by atoms with Crippen molar-refractivity contribution < 1.29 is 4.92 Å². The predicted octanol–water partition coefficient (Wildman–Crippen LogP) is 2.13. The fourth-order valence-corrected chi connectivity index (χ4v) is 2.51. The lowest BCUT2D eigenvalue weighted by atomic mass is 10.00. The van der Waals surface area contributed by atoms with Gasteiger partial charge in [-0.3, -0.25) is 10.1 Å². The molecule has 0 fully saturated rings. The Kier molecular flexibility index (Phi) is 2.98. The molecule has 20 heavy (non-hydrogen) atoms. The molecule has 1 aromatic heterocycles. The van der Waals surface area contributed by atoms with E-state index in [2.05, 4.69) is 11.1 Å². The molecule has 1 aliphatic rings. The smallest absolute Gasteiger partial charge is 0.311 e. The fraction of sp³-hybridized carbons (Fsp3) is 0.214. The van der Waals surface area contributed by atoms with Gasteiger partial charge in [0.1, 0.15) is 5.82 Å². The number of anilines is 2. The Bertz CT molecular complexity index is 672. The normalized spacial score (nSPS) is 13.9. The summed E-state index contributed by atoms with van der Waals surface area (Å²) in [5.74, 6) is 0.647. The Labute approximate surface area is 116 Å². The van der Waals surface area contributed by atoms with Crippen molar-refractivity contribution in [2.45, 2.75) is 13.0 Å². The maximum absolute atomic E-state index is 11.1. The van der Waals surface area contributed by atoms with Crippen molar-refractivity contribution in [2.75, 3.05) is 17.2 Å². The molecule has 0 bridgehead atoms. The van der Waals surface area contributed by atoms with Gasteiger partial charge in [-0.1, -0.05) is 24.3 Å². The second kappa shape index (κ2) is 4.80. The maximum atomic E-state index is 11.1. The van der Waals surface area contributed by atoms with E-state index in [0.29, 0.717) is 24.7 Å². The zero-order valence-corrected chi connectivity index (χ0v) is 10.8. The molecule has 6 heteroatoms. The highest BCUT2D eigenvalue weighted by Gasteiger charge is 2.24. The van der Waals surface area contributed by atoms with Gasteiger partial charge in [0.25, 0.3) is 0 Å². The number of pyridine rings is 1. The van der Waals surface area contributed by atoms with Crippen molar-refractivity contribution in [3.63, 3.8) is 0 Å². The van der Waals surface area contributed by atoms with Gasteiger partial charge in [-0.2, -0.15) is 0 Å². The van der Waals surface area contributed by atoms with Crippen LogP contribution < -0.4 is 10.6 Å². The number of nitrogen functional groups attached to an aromatic ring is 1. The van der Waals surface area contributed by atoms with Crippen LogP contribution in [0.1, 0.15) is 11.1 Å². The molecule has 2 N–H and O–H groups in total. The SMILES string of the molecule is Nc1ccc([N+](=O)[O-])c(N2CCc3ccccc3C2)n1. The van der Waals surface area contributed by atoms with Crippen molar-refractivity contribution in [1.29, 1.82) is 0 Å². The zero-order chi connectivity index (χ0) is 14.1. The van der Waals surface area contributed by atoms with E-state index in [0.717, 1.165) is 6.42 Å². The molecule has 6 nitrogen and oxygen atoms in total. The molecule has 3 rings (SSSR count). The van der Waals surface area contributed by atoms with Crippen molar-refractivity contribution in [2.24, 2.45) is 0 Å². The first kappa shape index (κ1) is 12.4. The van der Waals surface area contributed by atoms with E-state index in [-0.39, 0.29) is 5.69 Å². The second-order valence-electron chi connectivity index (χ2n) is 4.78. The highest BCUT2D eigenvalue weighted by Crippen LogP contribution is 2.30. The van der Waals surface area contributed by atoms with Gasteiger partial charge in [0.2, 0.25) is 5.82 Å². The number of aromatic nitrogens is 1. The van der Waals surface area contributed by atoms with Gasteiger partial charge in [0, 0.05) is 19.2 Å². The number of nitrogens with two attached hydrogens (primary N) is 1. The van der Waals surface area contributed by atoms with Crippen molar-refractivity contribution >= 4 is 17.3 Å². The van der Waals surface area contributed by atoms with Crippen LogP contribution in [0.4, 0.5) is 17.3 Å². The van der Waals surface area contributed by atoms with E-state index < -0.39 is 4.92 Å². The van der Waals surface area contributed by atoms with Crippen LogP contribution in [0.2, 0.25) is 0 Å². The lowest BCUT2D eigenvalue weighted by Gasteiger charge is -2.29. The molecule has 102 valence electrons. The first-order chi connectivity index (χ1) is 9.65. The van der Waals surface area contributed by atoms with E-state index in [1.165, 1.54) is 23.3 Å². The van der Waals surface area contributed by atoms with Crippen LogP contribution >= 0.6 is 0 Å². The molecule has 0 spiro atoms. The number of rotatable bonds is 2. The topological polar surface area (TPSA) is 85.3 Å². The largest absolute Gasteiger partial charge is 0.384 e. The number of fused-ring (bicyclic) bond motifs is 1. The molecule has 2 heterocycles. The van der Waals surface area contributed by atoms with E-state index in [9.17, 15) is 10.1 Å². The molecular formula is C14H14N4O2. The van der Waals surface area contributed by atoms with Crippen LogP contribution in [0.15, 0.2) is 36.4 Å². The molecule has 0 saturated carbocycles. The molecule has 2 aromatic rings. The highest BCUT2D eigenvalue weighted by molar-refractivity contribution is 5.62. The van der Waals surface area contributed by atoms with Gasteiger partial charge < -0.3 is 10.6 Å². The number of hydrogen-bond donors (Lipinski definition) is 1. The maximum Gasteiger partial charge on any atom is 0.311 e. The summed E-state index contributed by atoms with van der Waals surface area (Å²) in [5, 5.41) is 11.1. The molecule has 0 atom stereocenters. The molecule has 0 unspecified atom stereocenters. The lowest BCUT2D eigenvalue weighted by Crippen LogP contribution is -2.31. The van der Waals surface area contributed by atoms with Gasteiger partial charge in [-0.05, 0) is 23.6 Å². The van der Waals surface area contributed by atoms with Crippen LogP contribution in [-0.2, 0) is 13.0 Å². The van der Waals surface area contributed by atoms with Gasteiger partial charge >= 0.3 is 5.69 Å². The Morgan fingerprint density at radius 2 is 1.95 bits per heavy atom. The van der Waals surface area contributed by atoms with Crippen LogP contribution in [0.5, 0.6) is 0 Å². The average Bonchev–Trinajstić information content (AvgIpc) is 2.46. The van der Waals surface area contributed by atoms with E-state index in [1.807, 2.05) is 23.1 Å². The fourth-order valence-electron chi connectivity index (χ4n) is 2.51. The zero-order valence-electron chi connectivity index (χ0n) is 10.8. The summed E-state index contributed by atoms with van der Waals surface area (Å²) in [6, 6.07) is 11.0.